The largest absolute Gasteiger partial charge is 0.353 e. The first-order valence-corrected chi connectivity index (χ1v) is 6.59. The molecule has 1 amide bonds. The minimum Gasteiger partial charge on any atom is -0.353 e. The molecule has 0 aliphatic carbocycles. The van der Waals surface area contributed by atoms with Crippen molar-refractivity contribution < 1.29 is 9.18 Å². The van der Waals surface area contributed by atoms with Crippen LogP contribution in [0.25, 0.3) is 0 Å². The quantitative estimate of drug-likeness (QED) is 0.887. The van der Waals surface area contributed by atoms with Crippen molar-refractivity contribution in [1.82, 2.24) is 5.32 Å². The van der Waals surface area contributed by atoms with Gasteiger partial charge in [-0.2, -0.15) is 0 Å². The molecule has 94 valence electrons. The normalized spacial score (nSPS) is 10.6. The predicted molar refractivity (Wildman–Crippen MR) is 70.3 cm³/mol. The summed E-state index contributed by atoms with van der Waals surface area (Å²) in [4.78, 5) is 11.7. The van der Waals surface area contributed by atoms with Gasteiger partial charge in [0.05, 0.1) is 10.9 Å². The molecule has 0 aliphatic heterocycles. The summed E-state index contributed by atoms with van der Waals surface area (Å²) in [5.41, 5.74) is 0.807. The number of hydrogen-bond acceptors (Lipinski definition) is 1. The summed E-state index contributed by atoms with van der Waals surface area (Å²) in [5.74, 6) is -0.327. The van der Waals surface area contributed by atoms with Gasteiger partial charge in [-0.25, -0.2) is 4.39 Å². The van der Waals surface area contributed by atoms with Crippen LogP contribution in [0, 0.1) is 5.82 Å². The van der Waals surface area contributed by atoms with Gasteiger partial charge in [-0.05, 0) is 46.5 Å². The fourth-order valence-corrected chi connectivity index (χ4v) is 2.03. The Hall–Kier alpha value is -0.900. The summed E-state index contributed by atoms with van der Waals surface area (Å²) in [5, 5.41) is 2.95. The van der Waals surface area contributed by atoms with Crippen molar-refractivity contribution in [2.45, 2.75) is 39.2 Å². The number of carbonyl (C=O) groups is 1. The van der Waals surface area contributed by atoms with Crippen LogP contribution < -0.4 is 5.32 Å². The zero-order chi connectivity index (χ0) is 12.8. The molecule has 0 radical (unpaired) electrons. The van der Waals surface area contributed by atoms with Gasteiger partial charge in [-0.3, -0.25) is 4.79 Å². The van der Waals surface area contributed by atoms with E-state index in [1.807, 2.05) is 13.8 Å². The van der Waals surface area contributed by atoms with Crippen LogP contribution in [0.4, 0.5) is 4.39 Å². The maximum absolute atomic E-state index is 13.0. The van der Waals surface area contributed by atoms with E-state index >= 15 is 0 Å². The van der Waals surface area contributed by atoms with E-state index in [2.05, 4.69) is 21.2 Å². The first kappa shape index (κ1) is 14.2. The zero-order valence-corrected chi connectivity index (χ0v) is 11.7. The predicted octanol–water partition coefficient (Wildman–Crippen LogP) is 3.44. The van der Waals surface area contributed by atoms with Crippen LogP contribution in [0.1, 0.15) is 32.3 Å². The van der Waals surface area contributed by atoms with E-state index in [4.69, 9.17) is 0 Å². The second-order valence-corrected chi connectivity index (χ2v) is 4.86. The fourth-order valence-electron chi connectivity index (χ4n) is 1.61. The lowest BCUT2D eigenvalue weighted by atomic mass is 10.1. The smallest absolute Gasteiger partial charge is 0.224 e. The Bertz CT molecular complexity index is 391. The Morgan fingerprint density at radius 3 is 2.59 bits per heavy atom. The zero-order valence-electron chi connectivity index (χ0n) is 10.1. The highest BCUT2D eigenvalue weighted by atomic mass is 79.9. The van der Waals surface area contributed by atoms with Crippen molar-refractivity contribution in [3.8, 4) is 0 Å². The van der Waals surface area contributed by atoms with E-state index in [0.717, 1.165) is 18.4 Å². The van der Waals surface area contributed by atoms with E-state index in [9.17, 15) is 9.18 Å². The molecule has 1 rings (SSSR count). The van der Waals surface area contributed by atoms with Gasteiger partial charge in [0.25, 0.3) is 0 Å². The second kappa shape index (κ2) is 6.74. The molecule has 1 N–H and O–H groups in total. The molecular formula is C13H17BrFNO. The average molecular weight is 302 g/mol. The molecule has 0 spiro atoms. The van der Waals surface area contributed by atoms with Gasteiger partial charge in [-0.1, -0.05) is 19.9 Å². The summed E-state index contributed by atoms with van der Waals surface area (Å²) in [7, 11) is 0. The number of carbonyl (C=O) groups excluding carboxylic acids is 1. The van der Waals surface area contributed by atoms with Crippen LogP contribution in [0.3, 0.4) is 0 Å². The number of halogens is 2. The molecule has 17 heavy (non-hydrogen) atoms. The highest BCUT2D eigenvalue weighted by molar-refractivity contribution is 9.10. The standard InChI is InChI=1S/C13H17BrFNO/c1-3-10(4-2)16-13(17)8-9-5-6-12(15)11(14)7-9/h5-7,10H,3-4,8H2,1-2H3,(H,16,17). The highest BCUT2D eigenvalue weighted by Crippen LogP contribution is 2.17. The van der Waals surface area contributed by atoms with Crippen LogP contribution in [0.2, 0.25) is 0 Å². The number of benzene rings is 1. The van der Waals surface area contributed by atoms with Crippen LogP contribution in [-0.4, -0.2) is 11.9 Å². The molecule has 0 unspecified atom stereocenters. The lowest BCUT2D eigenvalue weighted by molar-refractivity contribution is -0.121. The Morgan fingerprint density at radius 2 is 2.06 bits per heavy atom. The van der Waals surface area contributed by atoms with Gasteiger partial charge in [-0.15, -0.1) is 0 Å². The molecule has 0 saturated heterocycles. The third kappa shape index (κ3) is 4.46. The van der Waals surface area contributed by atoms with Crippen molar-refractivity contribution in [3.63, 3.8) is 0 Å². The van der Waals surface area contributed by atoms with Crippen molar-refractivity contribution >= 4 is 21.8 Å². The first-order valence-electron chi connectivity index (χ1n) is 5.80. The van der Waals surface area contributed by atoms with Gasteiger partial charge < -0.3 is 5.32 Å². The maximum Gasteiger partial charge on any atom is 0.224 e. The summed E-state index contributed by atoms with van der Waals surface area (Å²) < 4.78 is 13.4. The molecule has 0 fully saturated rings. The first-order chi connectivity index (χ1) is 8.06. The number of rotatable bonds is 5. The molecule has 1 aromatic carbocycles. The number of amides is 1. The molecule has 1 aromatic rings. The molecule has 0 heterocycles. The average Bonchev–Trinajstić information content (AvgIpc) is 2.31. The molecule has 0 aromatic heterocycles. The molecule has 0 saturated carbocycles. The van der Waals surface area contributed by atoms with Crippen molar-refractivity contribution in [2.24, 2.45) is 0 Å². The topological polar surface area (TPSA) is 29.1 Å². The summed E-state index contributed by atoms with van der Waals surface area (Å²) >= 11 is 3.11. The van der Waals surface area contributed by atoms with E-state index in [1.54, 1.807) is 12.1 Å². The molecule has 0 atom stereocenters. The summed E-state index contributed by atoms with van der Waals surface area (Å²) in [6.45, 7) is 4.09. The highest BCUT2D eigenvalue weighted by Gasteiger charge is 2.09. The third-order valence-corrected chi connectivity index (χ3v) is 3.31. The van der Waals surface area contributed by atoms with Gasteiger partial charge in [0.2, 0.25) is 5.91 Å². The van der Waals surface area contributed by atoms with Crippen LogP contribution >= 0.6 is 15.9 Å². The van der Waals surface area contributed by atoms with Gasteiger partial charge in [0, 0.05) is 6.04 Å². The fraction of sp³-hybridized carbons (Fsp3) is 0.462. The minimum atomic E-state index is -0.311. The van der Waals surface area contributed by atoms with Crippen LogP contribution in [0.15, 0.2) is 22.7 Å². The van der Waals surface area contributed by atoms with E-state index in [0.29, 0.717) is 4.47 Å². The Morgan fingerprint density at radius 1 is 1.41 bits per heavy atom. The second-order valence-electron chi connectivity index (χ2n) is 4.01. The summed E-state index contributed by atoms with van der Waals surface area (Å²) in [6.07, 6.45) is 2.14. The third-order valence-electron chi connectivity index (χ3n) is 2.70. The van der Waals surface area contributed by atoms with E-state index in [1.165, 1.54) is 6.07 Å². The summed E-state index contributed by atoms with van der Waals surface area (Å²) in [6, 6.07) is 4.87. The molecule has 4 heteroatoms. The number of hydrogen-bond donors (Lipinski definition) is 1. The monoisotopic (exact) mass is 301 g/mol. The molecule has 0 aliphatic rings. The Balaban J connectivity index is 2.58. The van der Waals surface area contributed by atoms with Crippen molar-refractivity contribution in [2.75, 3.05) is 0 Å². The van der Waals surface area contributed by atoms with Crippen LogP contribution in [-0.2, 0) is 11.2 Å². The Labute approximate surface area is 110 Å². The molecular weight excluding hydrogens is 285 g/mol. The van der Waals surface area contributed by atoms with Gasteiger partial charge in [0.15, 0.2) is 0 Å². The van der Waals surface area contributed by atoms with Gasteiger partial charge in [0.1, 0.15) is 5.82 Å². The van der Waals surface area contributed by atoms with Crippen molar-refractivity contribution in [1.29, 1.82) is 0 Å². The Kier molecular flexibility index (Phi) is 5.62. The number of nitrogens with one attached hydrogen (secondary N) is 1. The van der Waals surface area contributed by atoms with E-state index in [-0.39, 0.29) is 24.2 Å². The van der Waals surface area contributed by atoms with Gasteiger partial charge >= 0.3 is 0 Å². The lowest BCUT2D eigenvalue weighted by Gasteiger charge is -2.14. The maximum atomic E-state index is 13.0. The SMILES string of the molecule is CCC(CC)NC(=O)Cc1ccc(F)c(Br)c1. The minimum absolute atomic E-state index is 0.0165. The lowest BCUT2D eigenvalue weighted by Crippen LogP contribution is -2.34. The molecule has 2 nitrogen and oxygen atoms in total. The van der Waals surface area contributed by atoms with Crippen molar-refractivity contribution in [3.05, 3.63) is 34.1 Å². The van der Waals surface area contributed by atoms with Crippen LogP contribution in [0.5, 0.6) is 0 Å². The van der Waals surface area contributed by atoms with E-state index < -0.39 is 0 Å². The molecule has 0 bridgehead atoms.